The standard InChI is InChI=1S/C26H16O4/c27-25-19-13-7-8-14-20(19)26(28)24-22(30-18-11-5-2-6-12-18)16-15-21(23(24)25)29-17-9-3-1-4-10-17/h1-16H. The van der Waals surface area contributed by atoms with Crippen molar-refractivity contribution in [3.8, 4) is 23.0 Å². The zero-order valence-electron chi connectivity index (χ0n) is 15.9. The normalized spacial score (nSPS) is 12.1. The van der Waals surface area contributed by atoms with Gasteiger partial charge in [0.15, 0.2) is 11.6 Å². The molecule has 0 unspecified atom stereocenters. The van der Waals surface area contributed by atoms with Crippen LogP contribution in [0.25, 0.3) is 0 Å². The third-order valence-corrected chi connectivity index (χ3v) is 4.94. The lowest BCUT2D eigenvalue weighted by Crippen LogP contribution is -2.22. The van der Waals surface area contributed by atoms with Crippen LogP contribution < -0.4 is 9.47 Å². The Bertz CT molecular complexity index is 1160. The number of carbonyl (C=O) groups excluding carboxylic acids is 2. The zero-order chi connectivity index (χ0) is 20.5. The van der Waals surface area contributed by atoms with Gasteiger partial charge < -0.3 is 9.47 Å². The van der Waals surface area contributed by atoms with E-state index < -0.39 is 0 Å². The van der Waals surface area contributed by atoms with Crippen molar-refractivity contribution in [1.82, 2.24) is 0 Å². The average Bonchev–Trinajstić information content (AvgIpc) is 2.80. The molecular formula is C26H16O4. The molecule has 0 aromatic heterocycles. The molecule has 4 nitrogen and oxygen atoms in total. The van der Waals surface area contributed by atoms with E-state index in [0.29, 0.717) is 34.1 Å². The predicted molar refractivity (Wildman–Crippen MR) is 113 cm³/mol. The molecule has 5 rings (SSSR count). The number of hydrogen-bond donors (Lipinski definition) is 0. The molecule has 0 fully saturated rings. The average molecular weight is 392 g/mol. The summed E-state index contributed by atoms with van der Waals surface area (Å²) in [5, 5.41) is 0. The Morgan fingerprint density at radius 3 is 1.20 bits per heavy atom. The number of para-hydroxylation sites is 2. The topological polar surface area (TPSA) is 52.6 Å². The largest absolute Gasteiger partial charge is 0.457 e. The molecular weight excluding hydrogens is 376 g/mol. The fourth-order valence-electron chi connectivity index (χ4n) is 3.56. The van der Waals surface area contributed by atoms with E-state index in [1.165, 1.54) is 0 Å². The van der Waals surface area contributed by atoms with Crippen molar-refractivity contribution < 1.29 is 19.1 Å². The first kappa shape index (κ1) is 17.9. The Hall–Kier alpha value is -4.18. The summed E-state index contributed by atoms with van der Waals surface area (Å²) in [6, 6.07) is 28.5. The van der Waals surface area contributed by atoms with Gasteiger partial charge in [0, 0.05) is 11.1 Å². The molecule has 4 aromatic rings. The van der Waals surface area contributed by atoms with Gasteiger partial charge in [-0.1, -0.05) is 60.7 Å². The molecule has 0 amide bonds. The molecule has 144 valence electrons. The number of ether oxygens (including phenoxy) is 2. The van der Waals surface area contributed by atoms with Crippen LogP contribution in [0.15, 0.2) is 97.1 Å². The van der Waals surface area contributed by atoms with Crippen molar-refractivity contribution in [1.29, 1.82) is 0 Å². The Morgan fingerprint density at radius 1 is 0.433 bits per heavy atom. The molecule has 0 spiro atoms. The summed E-state index contributed by atoms with van der Waals surface area (Å²) in [6.45, 7) is 0. The molecule has 0 bridgehead atoms. The van der Waals surface area contributed by atoms with Crippen LogP contribution in [0.5, 0.6) is 23.0 Å². The van der Waals surface area contributed by atoms with Crippen molar-refractivity contribution in [2.75, 3.05) is 0 Å². The van der Waals surface area contributed by atoms with E-state index >= 15 is 0 Å². The monoisotopic (exact) mass is 392 g/mol. The minimum Gasteiger partial charge on any atom is -0.457 e. The molecule has 0 radical (unpaired) electrons. The molecule has 0 saturated heterocycles. The van der Waals surface area contributed by atoms with Gasteiger partial charge in [-0.3, -0.25) is 9.59 Å². The summed E-state index contributed by atoms with van der Waals surface area (Å²) in [7, 11) is 0. The minimum atomic E-state index is -0.260. The second kappa shape index (κ2) is 7.33. The zero-order valence-corrected chi connectivity index (χ0v) is 15.9. The maximum absolute atomic E-state index is 13.4. The third-order valence-electron chi connectivity index (χ3n) is 4.94. The van der Waals surface area contributed by atoms with Gasteiger partial charge in [0.05, 0.1) is 11.1 Å². The van der Waals surface area contributed by atoms with Crippen LogP contribution in [-0.4, -0.2) is 11.6 Å². The van der Waals surface area contributed by atoms with Gasteiger partial charge in [-0.25, -0.2) is 0 Å². The molecule has 1 aliphatic carbocycles. The highest BCUT2D eigenvalue weighted by Gasteiger charge is 2.35. The van der Waals surface area contributed by atoms with Gasteiger partial charge in [0.1, 0.15) is 23.0 Å². The van der Waals surface area contributed by atoms with E-state index in [1.807, 2.05) is 36.4 Å². The fraction of sp³-hybridized carbons (Fsp3) is 0. The van der Waals surface area contributed by atoms with Crippen molar-refractivity contribution in [2.24, 2.45) is 0 Å². The Balaban J connectivity index is 1.69. The number of rotatable bonds is 4. The number of carbonyl (C=O) groups is 2. The fourth-order valence-corrected chi connectivity index (χ4v) is 3.56. The Kier molecular flexibility index (Phi) is 4.37. The van der Waals surface area contributed by atoms with Gasteiger partial charge >= 0.3 is 0 Å². The lowest BCUT2D eigenvalue weighted by molar-refractivity contribution is 0.0975. The summed E-state index contributed by atoms with van der Waals surface area (Å²) in [6.07, 6.45) is 0. The molecule has 0 saturated carbocycles. The van der Waals surface area contributed by atoms with Crippen molar-refractivity contribution in [2.45, 2.75) is 0 Å². The van der Waals surface area contributed by atoms with Crippen LogP contribution in [0.2, 0.25) is 0 Å². The maximum Gasteiger partial charge on any atom is 0.198 e. The van der Waals surface area contributed by atoms with Gasteiger partial charge in [-0.2, -0.15) is 0 Å². The van der Waals surface area contributed by atoms with Crippen molar-refractivity contribution in [3.05, 3.63) is 119 Å². The lowest BCUT2D eigenvalue weighted by atomic mass is 9.83. The smallest absolute Gasteiger partial charge is 0.198 e. The molecule has 4 aromatic carbocycles. The first-order valence-corrected chi connectivity index (χ1v) is 9.53. The lowest BCUT2D eigenvalue weighted by Gasteiger charge is -2.22. The number of hydrogen-bond acceptors (Lipinski definition) is 4. The second-order valence-electron chi connectivity index (χ2n) is 6.85. The third kappa shape index (κ3) is 3.05. The minimum absolute atomic E-state index is 0.219. The van der Waals surface area contributed by atoms with E-state index in [1.54, 1.807) is 60.7 Å². The molecule has 30 heavy (non-hydrogen) atoms. The molecule has 1 aliphatic rings. The summed E-state index contributed by atoms with van der Waals surface area (Å²) >= 11 is 0. The van der Waals surface area contributed by atoms with Gasteiger partial charge in [-0.15, -0.1) is 0 Å². The van der Waals surface area contributed by atoms with Crippen LogP contribution in [0.4, 0.5) is 0 Å². The number of ketones is 2. The molecule has 4 heteroatoms. The van der Waals surface area contributed by atoms with Crippen LogP contribution in [-0.2, 0) is 0 Å². The van der Waals surface area contributed by atoms with Crippen LogP contribution in [0, 0.1) is 0 Å². The van der Waals surface area contributed by atoms with Crippen LogP contribution in [0.3, 0.4) is 0 Å². The predicted octanol–water partition coefficient (Wildman–Crippen LogP) is 6.05. The summed E-state index contributed by atoms with van der Waals surface area (Å²) in [5.41, 5.74) is 1.17. The van der Waals surface area contributed by atoms with Crippen LogP contribution in [0.1, 0.15) is 31.8 Å². The van der Waals surface area contributed by atoms with Gasteiger partial charge in [0.2, 0.25) is 0 Å². The van der Waals surface area contributed by atoms with Gasteiger partial charge in [-0.05, 0) is 36.4 Å². The van der Waals surface area contributed by atoms with Crippen LogP contribution >= 0.6 is 0 Å². The van der Waals surface area contributed by atoms with Crippen molar-refractivity contribution >= 4 is 11.6 Å². The first-order chi connectivity index (χ1) is 14.7. The summed E-state index contributed by atoms with van der Waals surface area (Å²) in [5.74, 6) is 1.29. The Labute approximate surface area is 173 Å². The highest BCUT2D eigenvalue weighted by molar-refractivity contribution is 6.30. The Morgan fingerprint density at radius 2 is 0.800 bits per heavy atom. The van der Waals surface area contributed by atoms with E-state index in [9.17, 15) is 9.59 Å². The second-order valence-corrected chi connectivity index (χ2v) is 6.85. The molecule has 0 heterocycles. The summed E-state index contributed by atoms with van der Waals surface area (Å²) < 4.78 is 12.0. The van der Waals surface area contributed by atoms with E-state index in [2.05, 4.69) is 0 Å². The highest BCUT2D eigenvalue weighted by atomic mass is 16.5. The molecule has 0 atom stereocenters. The molecule has 0 aliphatic heterocycles. The van der Waals surface area contributed by atoms with Gasteiger partial charge in [0.25, 0.3) is 0 Å². The highest BCUT2D eigenvalue weighted by Crippen LogP contribution is 2.41. The summed E-state index contributed by atoms with van der Waals surface area (Å²) in [4.78, 5) is 26.8. The van der Waals surface area contributed by atoms with E-state index in [4.69, 9.17) is 9.47 Å². The SMILES string of the molecule is O=C1c2ccccc2C(=O)c2c(Oc3ccccc3)ccc(Oc3ccccc3)c21. The number of fused-ring (bicyclic) bond motifs is 2. The van der Waals surface area contributed by atoms with E-state index in [0.717, 1.165) is 0 Å². The number of benzene rings is 4. The van der Waals surface area contributed by atoms with E-state index in [-0.39, 0.29) is 22.7 Å². The maximum atomic E-state index is 13.4. The van der Waals surface area contributed by atoms with Crippen molar-refractivity contribution in [3.63, 3.8) is 0 Å². The first-order valence-electron chi connectivity index (χ1n) is 9.53. The quantitative estimate of drug-likeness (QED) is 0.374. The molecule has 0 N–H and O–H groups in total.